The van der Waals surface area contributed by atoms with E-state index >= 15 is 0 Å². The van der Waals surface area contributed by atoms with Gasteiger partial charge in [-0.05, 0) is 55.5 Å². The summed E-state index contributed by atoms with van der Waals surface area (Å²) in [6, 6.07) is 22.5. The third-order valence-electron chi connectivity index (χ3n) is 4.70. The molecule has 3 aromatic carbocycles. The van der Waals surface area contributed by atoms with Crippen molar-refractivity contribution in [2.45, 2.75) is 6.92 Å². The lowest BCUT2D eigenvalue weighted by atomic mass is 10.1. The Hall–Kier alpha value is -2.80. The zero-order valence-corrected chi connectivity index (χ0v) is 19.7. The van der Waals surface area contributed by atoms with Crippen LogP contribution in [0.25, 0.3) is 6.08 Å². The molecule has 162 valence electrons. The largest absolute Gasteiger partial charge is 0.490 e. The predicted octanol–water partition coefficient (Wildman–Crippen LogP) is 6.51. The Balaban J connectivity index is 1.47. The quantitative estimate of drug-likeness (QED) is 0.218. The van der Waals surface area contributed by atoms with Gasteiger partial charge in [0.05, 0.1) is 10.6 Å². The van der Waals surface area contributed by atoms with Gasteiger partial charge in [0, 0.05) is 10.6 Å². The Labute approximate surface area is 201 Å². The van der Waals surface area contributed by atoms with Crippen LogP contribution in [0, 0.1) is 6.92 Å². The predicted molar refractivity (Wildman–Crippen MR) is 136 cm³/mol. The molecule has 1 fully saturated rings. The Kier molecular flexibility index (Phi) is 7.15. The highest BCUT2D eigenvalue weighted by atomic mass is 35.5. The number of amides is 1. The van der Waals surface area contributed by atoms with E-state index in [9.17, 15) is 4.79 Å². The number of ether oxygens (including phenoxy) is 2. The maximum atomic E-state index is 13.0. The van der Waals surface area contributed by atoms with Gasteiger partial charge in [-0.3, -0.25) is 9.69 Å². The van der Waals surface area contributed by atoms with Crippen molar-refractivity contribution in [3.05, 3.63) is 93.9 Å². The molecule has 4 nitrogen and oxygen atoms in total. The summed E-state index contributed by atoms with van der Waals surface area (Å²) in [6.07, 6.45) is 1.77. The van der Waals surface area contributed by atoms with Crippen molar-refractivity contribution in [2.75, 3.05) is 18.1 Å². The lowest BCUT2D eigenvalue weighted by molar-refractivity contribution is -0.113. The van der Waals surface area contributed by atoms with E-state index in [0.717, 1.165) is 11.4 Å². The number of rotatable bonds is 7. The number of thiocarbonyl (C=S) groups is 1. The van der Waals surface area contributed by atoms with Gasteiger partial charge in [-0.2, -0.15) is 0 Å². The van der Waals surface area contributed by atoms with Gasteiger partial charge in [-0.1, -0.05) is 71.5 Å². The second-order valence-electron chi connectivity index (χ2n) is 7.04. The molecule has 32 heavy (non-hydrogen) atoms. The number of hydrogen-bond acceptors (Lipinski definition) is 5. The summed E-state index contributed by atoms with van der Waals surface area (Å²) in [5.41, 5.74) is 2.63. The number of hydrogen-bond donors (Lipinski definition) is 0. The third kappa shape index (κ3) is 5.33. The van der Waals surface area contributed by atoms with Gasteiger partial charge in [0.1, 0.15) is 24.7 Å². The first-order valence-corrected chi connectivity index (χ1v) is 11.6. The Bertz CT molecular complexity index is 1160. The van der Waals surface area contributed by atoms with Crippen molar-refractivity contribution in [1.29, 1.82) is 0 Å². The minimum Gasteiger partial charge on any atom is -0.490 e. The summed E-state index contributed by atoms with van der Waals surface area (Å²) in [6.45, 7) is 2.77. The van der Waals surface area contributed by atoms with E-state index in [0.29, 0.717) is 38.8 Å². The number of para-hydroxylation sites is 1. The van der Waals surface area contributed by atoms with Gasteiger partial charge in [0.25, 0.3) is 5.91 Å². The molecule has 0 spiro atoms. The number of nitrogens with zero attached hydrogens (tertiary/aromatic N) is 1. The second kappa shape index (κ2) is 10.2. The van der Waals surface area contributed by atoms with Crippen LogP contribution < -0.4 is 14.4 Å². The molecule has 0 N–H and O–H groups in total. The van der Waals surface area contributed by atoms with Crippen molar-refractivity contribution in [3.8, 4) is 11.5 Å². The molecule has 1 amide bonds. The van der Waals surface area contributed by atoms with Crippen LogP contribution in [-0.2, 0) is 4.79 Å². The average Bonchev–Trinajstić information content (AvgIpc) is 3.07. The molecule has 0 aliphatic carbocycles. The molecule has 0 saturated carbocycles. The summed E-state index contributed by atoms with van der Waals surface area (Å²) in [5.74, 6) is 1.24. The molecule has 1 saturated heterocycles. The van der Waals surface area contributed by atoms with Crippen LogP contribution >= 0.6 is 35.6 Å². The molecule has 0 bridgehead atoms. The van der Waals surface area contributed by atoms with Gasteiger partial charge in [-0.25, -0.2) is 0 Å². The lowest BCUT2D eigenvalue weighted by Crippen LogP contribution is -2.27. The summed E-state index contributed by atoms with van der Waals surface area (Å²) in [5, 5.41) is 0.554. The van der Waals surface area contributed by atoms with E-state index in [2.05, 4.69) is 0 Å². The molecule has 4 rings (SSSR count). The van der Waals surface area contributed by atoms with Crippen LogP contribution in [0.3, 0.4) is 0 Å². The van der Waals surface area contributed by atoms with Crippen LogP contribution in [0.4, 0.5) is 5.69 Å². The first kappa shape index (κ1) is 22.4. The van der Waals surface area contributed by atoms with Gasteiger partial charge in [0.2, 0.25) is 0 Å². The summed E-state index contributed by atoms with van der Waals surface area (Å²) in [4.78, 5) is 15.1. The zero-order valence-electron chi connectivity index (χ0n) is 17.3. The van der Waals surface area contributed by atoms with E-state index in [1.807, 2.05) is 61.5 Å². The molecular formula is C25H20ClNO3S2. The van der Waals surface area contributed by atoms with Crippen LogP contribution in [0.2, 0.25) is 5.02 Å². The molecule has 7 heteroatoms. The number of carbonyl (C=O) groups is 1. The van der Waals surface area contributed by atoms with E-state index in [-0.39, 0.29) is 5.91 Å². The summed E-state index contributed by atoms with van der Waals surface area (Å²) >= 11 is 12.9. The highest BCUT2D eigenvalue weighted by Crippen LogP contribution is 2.37. The summed E-state index contributed by atoms with van der Waals surface area (Å²) in [7, 11) is 0. The normalized spacial score (nSPS) is 14.8. The number of benzene rings is 3. The van der Waals surface area contributed by atoms with Crippen molar-refractivity contribution < 1.29 is 14.3 Å². The van der Waals surface area contributed by atoms with Crippen molar-refractivity contribution in [2.24, 2.45) is 0 Å². The molecule has 0 atom stereocenters. The van der Waals surface area contributed by atoms with Crippen LogP contribution in [-0.4, -0.2) is 23.4 Å². The fourth-order valence-corrected chi connectivity index (χ4v) is 4.59. The number of carbonyl (C=O) groups excluding carboxylic acids is 1. The topological polar surface area (TPSA) is 38.8 Å². The monoisotopic (exact) mass is 481 g/mol. The molecule has 3 aromatic rings. The molecule has 1 aliphatic heterocycles. The minimum atomic E-state index is -0.167. The lowest BCUT2D eigenvalue weighted by Gasteiger charge is -2.14. The van der Waals surface area contributed by atoms with E-state index in [1.54, 1.807) is 24.3 Å². The number of thioether (sulfide) groups is 1. The van der Waals surface area contributed by atoms with Gasteiger partial charge in [-0.15, -0.1) is 0 Å². The van der Waals surface area contributed by atoms with E-state index in [4.69, 9.17) is 33.3 Å². The maximum absolute atomic E-state index is 13.0. The van der Waals surface area contributed by atoms with Gasteiger partial charge < -0.3 is 9.47 Å². The minimum absolute atomic E-state index is 0.167. The number of halogens is 1. The molecule has 1 heterocycles. The van der Waals surface area contributed by atoms with Gasteiger partial charge >= 0.3 is 0 Å². The Morgan fingerprint density at radius 1 is 1.00 bits per heavy atom. The van der Waals surface area contributed by atoms with E-state index in [1.165, 1.54) is 22.2 Å². The fraction of sp³-hybridized carbons (Fsp3) is 0.120. The molecule has 1 aliphatic rings. The highest BCUT2D eigenvalue weighted by molar-refractivity contribution is 8.27. The first-order valence-electron chi connectivity index (χ1n) is 9.96. The third-order valence-corrected chi connectivity index (χ3v) is 6.23. The molecular weight excluding hydrogens is 462 g/mol. The molecule has 0 aromatic heterocycles. The maximum Gasteiger partial charge on any atom is 0.270 e. The van der Waals surface area contributed by atoms with Crippen molar-refractivity contribution in [1.82, 2.24) is 0 Å². The van der Waals surface area contributed by atoms with Crippen LogP contribution in [0.5, 0.6) is 11.5 Å². The van der Waals surface area contributed by atoms with Gasteiger partial charge in [0.15, 0.2) is 4.32 Å². The smallest absolute Gasteiger partial charge is 0.270 e. The number of aryl methyl sites for hydroxylation is 1. The fourth-order valence-electron chi connectivity index (χ4n) is 3.12. The SMILES string of the molecule is Cc1ccc(OCCOc2ccc(Cl)cc2/C=C2/SC(=S)N(c3ccccc3)C2=O)cc1. The standard InChI is InChI=1S/C25H20ClNO3S2/c1-17-7-10-21(11-8-17)29-13-14-30-22-12-9-19(26)15-18(22)16-23-24(28)27(25(31)32-23)20-5-3-2-4-6-20/h2-12,15-16H,13-14H2,1H3/b23-16+. The van der Waals surface area contributed by atoms with Crippen LogP contribution in [0.1, 0.15) is 11.1 Å². The highest BCUT2D eigenvalue weighted by Gasteiger charge is 2.33. The second-order valence-corrected chi connectivity index (χ2v) is 9.16. The summed E-state index contributed by atoms with van der Waals surface area (Å²) < 4.78 is 12.1. The van der Waals surface area contributed by atoms with Crippen molar-refractivity contribution in [3.63, 3.8) is 0 Å². The van der Waals surface area contributed by atoms with E-state index < -0.39 is 0 Å². The first-order chi connectivity index (χ1) is 15.5. The van der Waals surface area contributed by atoms with Crippen LogP contribution in [0.15, 0.2) is 77.7 Å². The molecule has 0 radical (unpaired) electrons. The van der Waals surface area contributed by atoms with Crippen molar-refractivity contribution >= 4 is 57.6 Å². The number of anilines is 1. The average molecular weight is 482 g/mol. The Morgan fingerprint density at radius 2 is 1.72 bits per heavy atom. The Morgan fingerprint density at radius 3 is 2.47 bits per heavy atom. The molecule has 0 unspecified atom stereocenters. The zero-order chi connectivity index (χ0) is 22.5.